The van der Waals surface area contributed by atoms with Crippen LogP contribution in [-0.2, 0) is 16.1 Å². The standard InChI is InChI=1S/C16H20N2O3/c1-2-6-15(19)17-9-11-18(12-10-17)16(20)21-13-14-7-4-3-5-8-14/h2-5,7-8H,1,6,9-13H2. The third-order valence-electron chi connectivity index (χ3n) is 3.41. The summed E-state index contributed by atoms with van der Waals surface area (Å²) in [4.78, 5) is 27.1. The number of amides is 2. The van der Waals surface area contributed by atoms with E-state index in [1.807, 2.05) is 30.3 Å². The van der Waals surface area contributed by atoms with Gasteiger partial charge in [-0.05, 0) is 5.56 Å². The lowest BCUT2D eigenvalue weighted by atomic mass is 10.2. The highest BCUT2D eigenvalue weighted by Crippen LogP contribution is 2.08. The van der Waals surface area contributed by atoms with E-state index in [-0.39, 0.29) is 18.6 Å². The second-order valence-corrected chi connectivity index (χ2v) is 4.90. The van der Waals surface area contributed by atoms with Gasteiger partial charge in [0.2, 0.25) is 5.91 Å². The van der Waals surface area contributed by atoms with Gasteiger partial charge >= 0.3 is 6.09 Å². The molecule has 1 saturated heterocycles. The van der Waals surface area contributed by atoms with E-state index in [4.69, 9.17) is 4.74 Å². The van der Waals surface area contributed by atoms with Gasteiger partial charge in [-0.25, -0.2) is 4.79 Å². The molecular formula is C16H20N2O3. The van der Waals surface area contributed by atoms with Crippen LogP contribution in [0, 0.1) is 0 Å². The Morgan fingerprint density at radius 1 is 1.10 bits per heavy atom. The Bertz CT molecular complexity index is 494. The highest BCUT2D eigenvalue weighted by molar-refractivity contribution is 5.78. The molecule has 2 amide bonds. The first-order valence-corrected chi connectivity index (χ1v) is 7.05. The van der Waals surface area contributed by atoms with Gasteiger partial charge in [0.25, 0.3) is 0 Å². The summed E-state index contributed by atoms with van der Waals surface area (Å²) in [5.41, 5.74) is 0.964. The molecule has 0 atom stereocenters. The van der Waals surface area contributed by atoms with Crippen LogP contribution in [0.1, 0.15) is 12.0 Å². The zero-order valence-electron chi connectivity index (χ0n) is 12.0. The molecule has 0 bridgehead atoms. The first-order valence-electron chi connectivity index (χ1n) is 7.05. The molecule has 1 aliphatic heterocycles. The number of hydrogen-bond acceptors (Lipinski definition) is 3. The Hall–Kier alpha value is -2.30. The molecule has 0 unspecified atom stereocenters. The summed E-state index contributed by atoms with van der Waals surface area (Å²) in [5, 5.41) is 0. The van der Waals surface area contributed by atoms with Gasteiger partial charge in [0.15, 0.2) is 0 Å². The van der Waals surface area contributed by atoms with E-state index in [0.717, 1.165) is 5.56 Å². The Balaban J connectivity index is 1.75. The van der Waals surface area contributed by atoms with Crippen LogP contribution in [0.25, 0.3) is 0 Å². The van der Waals surface area contributed by atoms with E-state index in [1.165, 1.54) is 0 Å². The maximum absolute atomic E-state index is 12.0. The summed E-state index contributed by atoms with van der Waals surface area (Å²) in [6, 6.07) is 9.57. The molecule has 0 aromatic heterocycles. The van der Waals surface area contributed by atoms with E-state index >= 15 is 0 Å². The van der Waals surface area contributed by atoms with Crippen molar-refractivity contribution in [2.75, 3.05) is 26.2 Å². The van der Waals surface area contributed by atoms with Gasteiger partial charge in [-0.1, -0.05) is 36.4 Å². The molecule has 5 nitrogen and oxygen atoms in total. The van der Waals surface area contributed by atoms with Gasteiger partial charge in [0.1, 0.15) is 6.61 Å². The number of carbonyl (C=O) groups is 2. The second kappa shape index (κ2) is 7.47. The number of rotatable bonds is 4. The summed E-state index contributed by atoms with van der Waals surface area (Å²) in [5.74, 6) is 0.0577. The molecule has 112 valence electrons. The van der Waals surface area contributed by atoms with Crippen molar-refractivity contribution in [1.29, 1.82) is 0 Å². The van der Waals surface area contributed by atoms with Crippen LogP contribution in [0.3, 0.4) is 0 Å². The SMILES string of the molecule is C=CCC(=O)N1CCN(C(=O)OCc2ccccc2)CC1. The summed E-state index contributed by atoms with van der Waals surface area (Å²) in [7, 11) is 0. The first kappa shape index (κ1) is 15.1. The van der Waals surface area contributed by atoms with E-state index in [2.05, 4.69) is 6.58 Å². The normalized spacial score (nSPS) is 14.7. The monoisotopic (exact) mass is 288 g/mol. The van der Waals surface area contributed by atoms with Crippen LogP contribution in [0.5, 0.6) is 0 Å². The number of benzene rings is 1. The summed E-state index contributed by atoms with van der Waals surface area (Å²) < 4.78 is 5.28. The average Bonchev–Trinajstić information content (AvgIpc) is 2.54. The summed E-state index contributed by atoms with van der Waals surface area (Å²) in [6.07, 6.45) is 1.62. The van der Waals surface area contributed by atoms with E-state index in [9.17, 15) is 9.59 Å². The quantitative estimate of drug-likeness (QED) is 0.797. The van der Waals surface area contributed by atoms with Crippen LogP contribution in [0.15, 0.2) is 43.0 Å². The van der Waals surface area contributed by atoms with Crippen LogP contribution < -0.4 is 0 Å². The van der Waals surface area contributed by atoms with Gasteiger partial charge < -0.3 is 14.5 Å². The van der Waals surface area contributed by atoms with E-state index in [0.29, 0.717) is 32.6 Å². The lowest BCUT2D eigenvalue weighted by Gasteiger charge is -2.34. The maximum atomic E-state index is 12.0. The molecular weight excluding hydrogens is 268 g/mol. The van der Waals surface area contributed by atoms with Crippen LogP contribution in [-0.4, -0.2) is 48.0 Å². The molecule has 1 fully saturated rings. The van der Waals surface area contributed by atoms with Gasteiger partial charge in [-0.15, -0.1) is 6.58 Å². The van der Waals surface area contributed by atoms with Crippen LogP contribution in [0.4, 0.5) is 4.79 Å². The lowest BCUT2D eigenvalue weighted by molar-refractivity contribution is -0.131. The molecule has 1 aliphatic rings. The van der Waals surface area contributed by atoms with Gasteiger partial charge in [0.05, 0.1) is 0 Å². The van der Waals surface area contributed by atoms with Gasteiger partial charge in [-0.3, -0.25) is 4.79 Å². The number of hydrogen-bond donors (Lipinski definition) is 0. The minimum Gasteiger partial charge on any atom is -0.445 e. The van der Waals surface area contributed by atoms with E-state index < -0.39 is 0 Å². The molecule has 5 heteroatoms. The zero-order chi connectivity index (χ0) is 15.1. The fraction of sp³-hybridized carbons (Fsp3) is 0.375. The number of ether oxygens (including phenoxy) is 1. The topological polar surface area (TPSA) is 49.9 Å². The Labute approximate surface area is 124 Å². The van der Waals surface area contributed by atoms with Crippen molar-refractivity contribution < 1.29 is 14.3 Å². The third kappa shape index (κ3) is 4.34. The molecule has 1 aromatic carbocycles. The van der Waals surface area contributed by atoms with Crippen molar-refractivity contribution in [3.8, 4) is 0 Å². The zero-order valence-corrected chi connectivity index (χ0v) is 12.0. The summed E-state index contributed by atoms with van der Waals surface area (Å²) >= 11 is 0. The van der Waals surface area contributed by atoms with Crippen molar-refractivity contribution >= 4 is 12.0 Å². The molecule has 1 aromatic rings. The maximum Gasteiger partial charge on any atom is 0.410 e. The molecule has 2 rings (SSSR count). The molecule has 1 heterocycles. The fourth-order valence-corrected chi connectivity index (χ4v) is 2.20. The summed E-state index contributed by atoms with van der Waals surface area (Å²) in [6.45, 7) is 5.95. The average molecular weight is 288 g/mol. The van der Waals surface area contributed by atoms with E-state index in [1.54, 1.807) is 15.9 Å². The first-order chi connectivity index (χ1) is 10.2. The molecule has 0 aliphatic carbocycles. The van der Waals surface area contributed by atoms with Gasteiger partial charge in [-0.2, -0.15) is 0 Å². The van der Waals surface area contributed by atoms with Gasteiger partial charge in [0, 0.05) is 32.6 Å². The third-order valence-corrected chi connectivity index (χ3v) is 3.41. The molecule has 0 radical (unpaired) electrons. The lowest BCUT2D eigenvalue weighted by Crippen LogP contribution is -2.50. The second-order valence-electron chi connectivity index (χ2n) is 4.90. The van der Waals surface area contributed by atoms with Crippen LogP contribution in [0.2, 0.25) is 0 Å². The predicted octanol–water partition coefficient (Wildman–Crippen LogP) is 2.04. The molecule has 21 heavy (non-hydrogen) atoms. The highest BCUT2D eigenvalue weighted by atomic mass is 16.6. The molecule has 0 saturated carbocycles. The number of piperazine rings is 1. The van der Waals surface area contributed by atoms with Crippen molar-refractivity contribution in [2.24, 2.45) is 0 Å². The molecule has 0 spiro atoms. The Kier molecular flexibility index (Phi) is 5.37. The van der Waals surface area contributed by atoms with Crippen molar-refractivity contribution in [3.63, 3.8) is 0 Å². The number of carbonyl (C=O) groups excluding carboxylic acids is 2. The smallest absolute Gasteiger partial charge is 0.410 e. The predicted molar refractivity (Wildman–Crippen MR) is 79.6 cm³/mol. The molecule has 0 N–H and O–H groups in total. The van der Waals surface area contributed by atoms with Crippen molar-refractivity contribution in [3.05, 3.63) is 48.6 Å². The van der Waals surface area contributed by atoms with Crippen LogP contribution >= 0.6 is 0 Å². The van der Waals surface area contributed by atoms with Crippen molar-refractivity contribution in [2.45, 2.75) is 13.0 Å². The number of nitrogens with zero attached hydrogens (tertiary/aromatic N) is 2. The largest absolute Gasteiger partial charge is 0.445 e. The Morgan fingerprint density at radius 2 is 1.71 bits per heavy atom. The Morgan fingerprint density at radius 3 is 2.33 bits per heavy atom. The fourth-order valence-electron chi connectivity index (χ4n) is 2.20. The minimum atomic E-state index is -0.324. The van der Waals surface area contributed by atoms with Crippen molar-refractivity contribution in [1.82, 2.24) is 9.80 Å². The highest BCUT2D eigenvalue weighted by Gasteiger charge is 2.24. The minimum absolute atomic E-state index is 0.0577.